The summed E-state index contributed by atoms with van der Waals surface area (Å²) in [5, 5.41) is 0. The van der Waals surface area contributed by atoms with Crippen molar-refractivity contribution in [3.63, 3.8) is 0 Å². The molecule has 0 aromatic heterocycles. The molecule has 0 saturated heterocycles. The van der Waals surface area contributed by atoms with Crippen molar-refractivity contribution in [3.8, 4) is 5.75 Å². The van der Waals surface area contributed by atoms with Crippen LogP contribution in [-0.4, -0.2) is 16.8 Å². The average Bonchev–Trinajstić information content (AvgIpc) is 2.91. The summed E-state index contributed by atoms with van der Waals surface area (Å²) in [5.74, 6) is -0.241. The van der Waals surface area contributed by atoms with E-state index in [4.69, 9.17) is 4.52 Å². The number of rotatable bonds is 10. The van der Waals surface area contributed by atoms with Crippen molar-refractivity contribution in [3.05, 3.63) is 136 Å². The topological polar surface area (TPSA) is 63.6 Å². The summed E-state index contributed by atoms with van der Waals surface area (Å²) in [6, 6.07) is 33.0. The summed E-state index contributed by atoms with van der Waals surface area (Å²) in [7, 11) is -5.14. The van der Waals surface area contributed by atoms with Crippen LogP contribution in [-0.2, 0) is 22.8 Å². The molecule has 37 heavy (non-hydrogen) atoms. The zero-order chi connectivity index (χ0) is 26.5. The fourth-order valence-corrected chi connectivity index (χ4v) is 5.54. The van der Waals surface area contributed by atoms with E-state index >= 15 is 0 Å². The highest BCUT2D eigenvalue weighted by Gasteiger charge is 2.41. The van der Waals surface area contributed by atoms with Gasteiger partial charge in [-0.3, -0.25) is 4.79 Å². The summed E-state index contributed by atoms with van der Waals surface area (Å²) >= 11 is 3.27. The van der Waals surface area contributed by atoms with Gasteiger partial charge in [0.1, 0.15) is 5.75 Å². The predicted octanol–water partition coefficient (Wildman–Crippen LogP) is 7.84. The Balaban J connectivity index is 1.82. The van der Waals surface area contributed by atoms with Gasteiger partial charge in [0.2, 0.25) is 0 Å². The van der Waals surface area contributed by atoms with Crippen LogP contribution in [0.2, 0.25) is 0 Å². The molecule has 0 radical (unpaired) electrons. The molecule has 0 spiro atoms. The second kappa shape index (κ2) is 11.5. The third-order valence-corrected chi connectivity index (χ3v) is 7.70. The largest absolute Gasteiger partial charge is 0.442 e. The molecule has 2 unspecified atom stereocenters. The standard InChI is InChI=1S/C29H24BrF2O4P/c30-25-18-22(16-17-26(25)36-37(34,35)28(31)32)20-29(24-14-8-3-9-15-24,19-21-10-4-1-5-11-21)27(33)23-12-6-2-7-13-23/h1-18,28H,19-20H2,(H,34,35). The van der Waals surface area contributed by atoms with Gasteiger partial charge < -0.3 is 9.42 Å². The summed E-state index contributed by atoms with van der Waals surface area (Å²) in [5.41, 5.74) is 2.10. The van der Waals surface area contributed by atoms with Crippen LogP contribution in [0.5, 0.6) is 5.75 Å². The minimum Gasteiger partial charge on any atom is -0.420 e. The van der Waals surface area contributed by atoms with Crippen molar-refractivity contribution in [2.45, 2.75) is 24.4 Å². The molecule has 190 valence electrons. The van der Waals surface area contributed by atoms with Gasteiger partial charge in [-0.05, 0) is 57.6 Å². The van der Waals surface area contributed by atoms with Crippen molar-refractivity contribution in [1.82, 2.24) is 0 Å². The van der Waals surface area contributed by atoms with Crippen LogP contribution in [0, 0.1) is 0 Å². The fraction of sp³-hybridized carbons (Fsp3) is 0.138. The van der Waals surface area contributed by atoms with Crippen molar-refractivity contribution < 1.29 is 27.6 Å². The van der Waals surface area contributed by atoms with Gasteiger partial charge in [0, 0.05) is 5.56 Å². The van der Waals surface area contributed by atoms with Crippen LogP contribution in [0.4, 0.5) is 8.78 Å². The van der Waals surface area contributed by atoms with Gasteiger partial charge in [-0.1, -0.05) is 97.1 Å². The van der Waals surface area contributed by atoms with E-state index in [9.17, 15) is 23.0 Å². The van der Waals surface area contributed by atoms with E-state index in [1.54, 1.807) is 24.3 Å². The molecule has 0 amide bonds. The second-order valence-electron chi connectivity index (χ2n) is 8.68. The number of hydrogen-bond donors (Lipinski definition) is 1. The number of Topliss-reactive ketones (excluding diaryl/α,β-unsaturated/α-hetero) is 1. The Hall–Kier alpha value is -3.12. The van der Waals surface area contributed by atoms with Crippen LogP contribution in [0.15, 0.2) is 114 Å². The molecule has 0 fully saturated rings. The van der Waals surface area contributed by atoms with Gasteiger partial charge >= 0.3 is 13.8 Å². The van der Waals surface area contributed by atoms with Crippen LogP contribution < -0.4 is 4.52 Å². The van der Waals surface area contributed by atoms with Crippen LogP contribution >= 0.6 is 23.5 Å². The molecule has 2 atom stereocenters. The first kappa shape index (κ1) is 26.9. The van der Waals surface area contributed by atoms with E-state index in [2.05, 4.69) is 15.9 Å². The molecule has 0 aliphatic heterocycles. The van der Waals surface area contributed by atoms with Gasteiger partial charge in [-0.15, -0.1) is 0 Å². The minimum absolute atomic E-state index is 0.0582. The highest BCUT2D eigenvalue weighted by Crippen LogP contribution is 2.50. The Morgan fingerprint density at radius 3 is 1.95 bits per heavy atom. The molecule has 0 aliphatic carbocycles. The zero-order valence-corrected chi connectivity index (χ0v) is 22.1. The molecule has 4 aromatic rings. The Bertz CT molecular complexity index is 1400. The molecular weight excluding hydrogens is 561 g/mol. The SMILES string of the molecule is O=C(c1ccccc1)C(Cc1ccccc1)(Cc1ccc(OP(=O)(O)C(F)F)c(Br)c1)c1ccccc1. The summed E-state index contributed by atoms with van der Waals surface area (Å²) in [6.45, 7) is 0. The monoisotopic (exact) mass is 584 g/mol. The Labute approximate surface area is 222 Å². The normalized spacial score (nSPS) is 14.5. The first-order chi connectivity index (χ1) is 17.7. The lowest BCUT2D eigenvalue weighted by molar-refractivity contribution is 0.0879. The first-order valence-electron chi connectivity index (χ1n) is 11.5. The van der Waals surface area contributed by atoms with Crippen LogP contribution in [0.25, 0.3) is 0 Å². The first-order valence-corrected chi connectivity index (χ1v) is 13.9. The van der Waals surface area contributed by atoms with E-state index < -0.39 is 19.2 Å². The summed E-state index contributed by atoms with van der Waals surface area (Å²) in [6.07, 6.45) is -2.83. The van der Waals surface area contributed by atoms with E-state index in [1.165, 1.54) is 6.07 Å². The molecule has 0 saturated carbocycles. The average molecular weight is 585 g/mol. The van der Waals surface area contributed by atoms with Gasteiger partial charge in [-0.25, -0.2) is 4.57 Å². The van der Waals surface area contributed by atoms with E-state index in [1.807, 2.05) is 78.9 Å². The minimum atomic E-state index is -5.14. The van der Waals surface area contributed by atoms with E-state index in [-0.39, 0.29) is 22.4 Å². The number of carbonyl (C=O) groups excluding carboxylic acids is 1. The van der Waals surface area contributed by atoms with Gasteiger partial charge in [0.15, 0.2) is 5.78 Å². The van der Waals surface area contributed by atoms with E-state index in [0.717, 1.165) is 11.1 Å². The van der Waals surface area contributed by atoms with Gasteiger partial charge in [0.05, 0.1) is 9.89 Å². The third-order valence-electron chi connectivity index (χ3n) is 6.12. The molecule has 0 heterocycles. The molecule has 1 N–H and O–H groups in total. The highest BCUT2D eigenvalue weighted by molar-refractivity contribution is 9.10. The number of ketones is 1. The highest BCUT2D eigenvalue weighted by atomic mass is 79.9. The van der Waals surface area contributed by atoms with Gasteiger partial charge in [0.25, 0.3) is 0 Å². The molecule has 4 aromatic carbocycles. The van der Waals surface area contributed by atoms with Crippen molar-refractivity contribution in [1.29, 1.82) is 0 Å². The van der Waals surface area contributed by atoms with Crippen LogP contribution in [0.3, 0.4) is 0 Å². The number of carbonyl (C=O) groups is 1. The molecule has 0 bridgehead atoms. The summed E-state index contributed by atoms with van der Waals surface area (Å²) in [4.78, 5) is 23.8. The van der Waals surface area contributed by atoms with Gasteiger partial charge in [-0.2, -0.15) is 8.78 Å². The molecular formula is C29H24BrF2O4P. The molecule has 4 rings (SSSR count). The quantitative estimate of drug-likeness (QED) is 0.152. The van der Waals surface area contributed by atoms with Crippen molar-refractivity contribution in [2.24, 2.45) is 0 Å². The Kier molecular flexibility index (Phi) is 8.38. The summed E-state index contributed by atoms with van der Waals surface area (Å²) < 4.78 is 42.4. The molecule has 4 nitrogen and oxygen atoms in total. The lowest BCUT2D eigenvalue weighted by atomic mass is 9.67. The van der Waals surface area contributed by atoms with Crippen LogP contribution in [0.1, 0.15) is 27.0 Å². The Morgan fingerprint density at radius 1 is 0.838 bits per heavy atom. The lowest BCUT2D eigenvalue weighted by Crippen LogP contribution is -2.40. The maximum Gasteiger partial charge on any atom is 0.442 e. The predicted molar refractivity (Wildman–Crippen MR) is 143 cm³/mol. The molecule has 0 aliphatic rings. The van der Waals surface area contributed by atoms with E-state index in [0.29, 0.717) is 17.5 Å². The maximum atomic E-state index is 14.3. The Morgan fingerprint density at radius 2 is 1.38 bits per heavy atom. The fourth-order valence-electron chi connectivity index (χ4n) is 4.38. The third kappa shape index (κ3) is 6.24. The van der Waals surface area contributed by atoms with Crippen molar-refractivity contribution >= 4 is 29.3 Å². The maximum absolute atomic E-state index is 14.3. The number of hydrogen-bond acceptors (Lipinski definition) is 3. The smallest absolute Gasteiger partial charge is 0.420 e. The number of alkyl halides is 2. The van der Waals surface area contributed by atoms with Crippen molar-refractivity contribution in [2.75, 3.05) is 0 Å². The zero-order valence-electron chi connectivity index (χ0n) is 19.6. The number of benzene rings is 4. The second-order valence-corrected chi connectivity index (χ2v) is 11.2. The molecule has 8 heteroatoms. The number of halogens is 3. The lowest BCUT2D eigenvalue weighted by Gasteiger charge is -2.34.